The zero-order chi connectivity index (χ0) is 24.7. The van der Waals surface area contributed by atoms with Crippen molar-refractivity contribution in [2.75, 3.05) is 19.0 Å². The van der Waals surface area contributed by atoms with Crippen LogP contribution in [0.5, 0.6) is 0 Å². The zero-order valence-corrected chi connectivity index (χ0v) is 19.0. The molecule has 4 aromatic rings. The molecular formula is C23H20F3N5O2S. The van der Waals surface area contributed by atoms with Gasteiger partial charge >= 0.3 is 6.18 Å². The van der Waals surface area contributed by atoms with Crippen LogP contribution in [0.2, 0.25) is 0 Å². The van der Waals surface area contributed by atoms with Crippen LogP contribution in [-0.4, -0.2) is 37.3 Å². The lowest BCUT2D eigenvalue weighted by molar-refractivity contribution is -0.141. The van der Waals surface area contributed by atoms with Crippen LogP contribution < -0.4 is 10.0 Å². The summed E-state index contributed by atoms with van der Waals surface area (Å²) in [6.07, 6.45) is -1.41. The quantitative estimate of drug-likeness (QED) is 0.452. The van der Waals surface area contributed by atoms with E-state index in [1.54, 1.807) is 49.6 Å². The van der Waals surface area contributed by atoms with Gasteiger partial charge in [0.25, 0.3) is 0 Å². The molecule has 0 bridgehead atoms. The highest BCUT2D eigenvalue weighted by atomic mass is 32.2. The maximum Gasteiger partial charge on any atom is 0.435 e. The van der Waals surface area contributed by atoms with E-state index in [0.717, 1.165) is 21.9 Å². The van der Waals surface area contributed by atoms with Crippen LogP contribution in [0.3, 0.4) is 0 Å². The summed E-state index contributed by atoms with van der Waals surface area (Å²) in [6, 6.07) is 15.2. The van der Waals surface area contributed by atoms with E-state index in [1.165, 1.54) is 24.3 Å². The number of sulfonamides is 1. The van der Waals surface area contributed by atoms with Crippen LogP contribution in [0.1, 0.15) is 5.69 Å². The second kappa shape index (κ2) is 8.58. The second-order valence-corrected chi connectivity index (χ2v) is 9.29. The molecule has 0 spiro atoms. The Kier molecular flexibility index (Phi) is 5.92. The lowest BCUT2D eigenvalue weighted by atomic mass is 10.00. The summed E-state index contributed by atoms with van der Waals surface area (Å²) in [4.78, 5) is 5.64. The Morgan fingerprint density at radius 1 is 0.912 bits per heavy atom. The fourth-order valence-electron chi connectivity index (χ4n) is 3.54. The molecule has 0 atom stereocenters. The lowest BCUT2D eigenvalue weighted by Crippen LogP contribution is -2.13. The molecular weight excluding hydrogens is 467 g/mol. The normalized spacial score (nSPS) is 12.1. The molecule has 176 valence electrons. The van der Waals surface area contributed by atoms with Crippen molar-refractivity contribution in [3.05, 3.63) is 78.8 Å². The predicted octanol–water partition coefficient (Wildman–Crippen LogP) is 4.33. The molecule has 7 nitrogen and oxygen atoms in total. The number of primary sulfonamides is 1. The molecule has 4 rings (SSSR count). The average molecular weight is 488 g/mol. The van der Waals surface area contributed by atoms with Crippen molar-refractivity contribution in [3.8, 4) is 28.1 Å². The van der Waals surface area contributed by atoms with E-state index in [9.17, 15) is 21.6 Å². The van der Waals surface area contributed by atoms with Crippen molar-refractivity contribution < 1.29 is 21.6 Å². The van der Waals surface area contributed by atoms with Gasteiger partial charge in [0.2, 0.25) is 10.0 Å². The highest BCUT2D eigenvalue weighted by Gasteiger charge is 2.35. The molecule has 2 aromatic heterocycles. The van der Waals surface area contributed by atoms with Gasteiger partial charge in [0, 0.05) is 37.7 Å². The van der Waals surface area contributed by atoms with Gasteiger partial charge < -0.3 is 4.90 Å². The Bertz CT molecular complexity index is 1430. The van der Waals surface area contributed by atoms with Gasteiger partial charge in [-0.1, -0.05) is 6.07 Å². The molecule has 0 aliphatic heterocycles. The minimum absolute atomic E-state index is 0.158. The monoisotopic (exact) mass is 487 g/mol. The van der Waals surface area contributed by atoms with Gasteiger partial charge in [-0.15, -0.1) is 0 Å². The first-order chi connectivity index (χ1) is 15.9. The van der Waals surface area contributed by atoms with Gasteiger partial charge in [0.1, 0.15) is 0 Å². The topological polar surface area (TPSA) is 94.1 Å². The van der Waals surface area contributed by atoms with E-state index in [1.807, 2.05) is 12.1 Å². The van der Waals surface area contributed by atoms with Crippen molar-refractivity contribution in [3.63, 3.8) is 0 Å². The van der Waals surface area contributed by atoms with Crippen molar-refractivity contribution in [1.29, 1.82) is 0 Å². The minimum atomic E-state index is -4.68. The molecule has 0 saturated heterocycles. The fraction of sp³-hybridized carbons (Fsp3) is 0.130. The number of rotatable bonds is 5. The average Bonchev–Trinajstić information content (AvgIpc) is 3.25. The number of hydrogen-bond donors (Lipinski definition) is 1. The Labute approximate surface area is 194 Å². The number of benzene rings is 2. The van der Waals surface area contributed by atoms with Crippen molar-refractivity contribution in [2.24, 2.45) is 5.14 Å². The van der Waals surface area contributed by atoms with Crippen molar-refractivity contribution in [2.45, 2.75) is 11.1 Å². The van der Waals surface area contributed by atoms with E-state index in [-0.39, 0.29) is 16.3 Å². The number of aromatic nitrogens is 3. The molecule has 2 aromatic carbocycles. The van der Waals surface area contributed by atoms with Gasteiger partial charge in [-0.05, 0) is 65.7 Å². The minimum Gasteiger partial charge on any atom is -0.377 e. The summed E-state index contributed by atoms with van der Waals surface area (Å²) in [5.74, 6) is 0. The van der Waals surface area contributed by atoms with Gasteiger partial charge in [-0.3, -0.25) is 4.98 Å². The van der Waals surface area contributed by atoms with Crippen LogP contribution in [0.4, 0.5) is 18.9 Å². The molecule has 11 heteroatoms. The Hall–Kier alpha value is -3.70. The molecule has 0 amide bonds. The van der Waals surface area contributed by atoms with Gasteiger partial charge in [0.05, 0.1) is 16.3 Å². The maximum absolute atomic E-state index is 13.6. The highest BCUT2D eigenvalue weighted by molar-refractivity contribution is 7.89. The van der Waals surface area contributed by atoms with Crippen LogP contribution in [-0.2, 0) is 16.2 Å². The molecule has 0 radical (unpaired) electrons. The van der Waals surface area contributed by atoms with Crippen LogP contribution >= 0.6 is 0 Å². The van der Waals surface area contributed by atoms with Crippen molar-refractivity contribution in [1.82, 2.24) is 14.8 Å². The van der Waals surface area contributed by atoms with E-state index >= 15 is 0 Å². The first kappa shape index (κ1) is 23.5. The number of pyridine rings is 1. The van der Waals surface area contributed by atoms with Gasteiger partial charge in [0.15, 0.2) is 5.69 Å². The zero-order valence-electron chi connectivity index (χ0n) is 18.2. The maximum atomic E-state index is 13.6. The van der Waals surface area contributed by atoms with Crippen LogP contribution in [0, 0.1) is 0 Å². The largest absolute Gasteiger partial charge is 0.435 e. The lowest BCUT2D eigenvalue weighted by Gasteiger charge is -2.19. The second-order valence-electron chi connectivity index (χ2n) is 7.73. The summed E-state index contributed by atoms with van der Waals surface area (Å²) < 4.78 is 65.3. The summed E-state index contributed by atoms with van der Waals surface area (Å²) in [7, 11) is -0.380. The van der Waals surface area contributed by atoms with Crippen LogP contribution in [0.25, 0.3) is 28.1 Å². The highest BCUT2D eigenvalue weighted by Crippen LogP contribution is 2.38. The van der Waals surface area contributed by atoms with Gasteiger partial charge in [-0.2, -0.15) is 18.3 Å². The first-order valence-electron chi connectivity index (χ1n) is 9.98. The fourth-order valence-corrected chi connectivity index (χ4v) is 4.06. The van der Waals surface area contributed by atoms with Gasteiger partial charge in [-0.25, -0.2) is 18.2 Å². The third kappa shape index (κ3) is 4.66. The molecule has 2 heterocycles. The number of nitrogens with two attached hydrogens (primary N) is 1. The molecule has 34 heavy (non-hydrogen) atoms. The molecule has 0 saturated carbocycles. The summed E-state index contributed by atoms with van der Waals surface area (Å²) >= 11 is 0. The number of nitrogens with zero attached hydrogens (tertiary/aromatic N) is 4. The Balaban J connectivity index is 1.96. The molecule has 0 aliphatic carbocycles. The number of hydrogen-bond acceptors (Lipinski definition) is 5. The molecule has 0 aliphatic rings. The molecule has 0 unspecified atom stereocenters. The molecule has 0 fully saturated rings. The van der Waals surface area contributed by atoms with E-state index in [2.05, 4.69) is 10.1 Å². The van der Waals surface area contributed by atoms with E-state index in [0.29, 0.717) is 11.3 Å². The third-order valence-electron chi connectivity index (χ3n) is 5.18. The Morgan fingerprint density at radius 3 is 2.12 bits per heavy atom. The number of halogens is 3. The summed E-state index contributed by atoms with van der Waals surface area (Å²) in [5.41, 5.74) is 2.19. The Morgan fingerprint density at radius 2 is 1.56 bits per heavy atom. The third-order valence-corrected chi connectivity index (χ3v) is 6.11. The van der Waals surface area contributed by atoms with E-state index in [4.69, 9.17) is 5.14 Å². The SMILES string of the molecule is CN(C)c1ccc(-c2ccncc2)cc1-c1cc(C(F)(F)F)nn1-c1ccc(S(N)(=O)=O)cc1. The predicted molar refractivity (Wildman–Crippen MR) is 123 cm³/mol. The first-order valence-corrected chi connectivity index (χ1v) is 11.5. The summed E-state index contributed by atoms with van der Waals surface area (Å²) in [6.45, 7) is 0. The summed E-state index contributed by atoms with van der Waals surface area (Å²) in [5, 5.41) is 8.95. The standard InChI is InChI=1S/C23H20F3N5O2S/c1-30(2)20-8-3-16(15-9-11-28-12-10-15)13-19(20)21-14-22(23(24,25)26)29-31(21)17-4-6-18(7-5-17)34(27,32)33/h3-14H,1-2H3,(H2,27,32,33). The smallest absolute Gasteiger partial charge is 0.377 e. The van der Waals surface area contributed by atoms with Crippen LogP contribution in [0.15, 0.2) is 78.0 Å². The molecule has 2 N–H and O–H groups in total. The number of alkyl halides is 3. The number of anilines is 1. The van der Waals surface area contributed by atoms with Crippen molar-refractivity contribution >= 4 is 15.7 Å². The van der Waals surface area contributed by atoms with E-state index < -0.39 is 21.9 Å².